The number of thiocarbonyl (C=S) groups is 1. The number of anilines is 1. The van der Waals surface area contributed by atoms with Crippen molar-refractivity contribution in [2.45, 2.75) is 33.6 Å². The maximum atomic E-state index is 5.75. The zero-order valence-electron chi connectivity index (χ0n) is 11.8. The average molecular weight is 282 g/mol. The molecule has 5 nitrogen and oxygen atoms in total. The molecule has 1 aromatic rings. The summed E-state index contributed by atoms with van der Waals surface area (Å²) < 4.78 is 5.41. The minimum atomic E-state index is 0.347. The van der Waals surface area contributed by atoms with E-state index in [4.69, 9.17) is 22.7 Å². The number of nitrogens with zero attached hydrogens (tertiary/aromatic N) is 2. The van der Waals surface area contributed by atoms with E-state index in [1.807, 2.05) is 13.8 Å². The zero-order chi connectivity index (χ0) is 14.3. The van der Waals surface area contributed by atoms with Crippen molar-refractivity contribution >= 4 is 23.0 Å². The third-order valence-corrected chi connectivity index (χ3v) is 3.01. The summed E-state index contributed by atoms with van der Waals surface area (Å²) in [6.45, 7) is 8.25. The number of hydrogen-bond donors (Lipinski definition) is 2. The predicted molar refractivity (Wildman–Crippen MR) is 81.6 cm³/mol. The van der Waals surface area contributed by atoms with Crippen molar-refractivity contribution in [3.63, 3.8) is 0 Å². The first-order valence-corrected chi connectivity index (χ1v) is 6.94. The largest absolute Gasteiger partial charge is 0.389 e. The molecule has 0 radical (unpaired) electrons. The van der Waals surface area contributed by atoms with E-state index >= 15 is 0 Å². The lowest BCUT2D eigenvalue weighted by molar-refractivity contribution is 0.134. The first-order valence-electron chi connectivity index (χ1n) is 6.53. The standard InChI is InChI=1S/C13H22N4OS/c1-4-7-18-8-5-6-15-13-11(12(14)19)9(2)10(3)16-17-13/h4-8H2,1-3H3,(H2,14,19)(H,15,17). The highest BCUT2D eigenvalue weighted by atomic mass is 32.1. The van der Waals surface area contributed by atoms with E-state index in [1.54, 1.807) is 0 Å². The Hall–Kier alpha value is -1.27. The highest BCUT2D eigenvalue weighted by Crippen LogP contribution is 2.18. The number of aromatic nitrogens is 2. The van der Waals surface area contributed by atoms with Gasteiger partial charge in [0.05, 0.1) is 11.3 Å². The molecule has 0 aliphatic carbocycles. The normalized spacial score (nSPS) is 10.5. The van der Waals surface area contributed by atoms with Crippen LogP contribution in [0.15, 0.2) is 0 Å². The third kappa shape index (κ3) is 4.72. The van der Waals surface area contributed by atoms with Crippen LogP contribution in [0.2, 0.25) is 0 Å². The summed E-state index contributed by atoms with van der Waals surface area (Å²) in [5.74, 6) is 0.658. The Labute approximate surface area is 119 Å². The van der Waals surface area contributed by atoms with Gasteiger partial charge in [0.25, 0.3) is 0 Å². The first kappa shape index (κ1) is 15.8. The lowest BCUT2D eigenvalue weighted by Gasteiger charge is -2.13. The summed E-state index contributed by atoms with van der Waals surface area (Å²) in [6, 6.07) is 0. The van der Waals surface area contributed by atoms with E-state index in [1.165, 1.54) is 0 Å². The molecule has 0 fully saturated rings. The minimum Gasteiger partial charge on any atom is -0.389 e. The molecule has 6 heteroatoms. The van der Waals surface area contributed by atoms with Gasteiger partial charge >= 0.3 is 0 Å². The van der Waals surface area contributed by atoms with Gasteiger partial charge in [0.1, 0.15) is 4.99 Å². The molecule has 0 unspecified atom stereocenters. The third-order valence-electron chi connectivity index (χ3n) is 2.81. The fourth-order valence-corrected chi connectivity index (χ4v) is 1.91. The molecule has 1 aromatic heterocycles. The molecule has 0 bridgehead atoms. The molecule has 0 saturated carbocycles. The van der Waals surface area contributed by atoms with Gasteiger partial charge in [-0.1, -0.05) is 19.1 Å². The van der Waals surface area contributed by atoms with Crippen LogP contribution in [0.3, 0.4) is 0 Å². The lowest BCUT2D eigenvalue weighted by atomic mass is 10.1. The van der Waals surface area contributed by atoms with Gasteiger partial charge < -0.3 is 15.8 Å². The summed E-state index contributed by atoms with van der Waals surface area (Å²) in [5.41, 5.74) is 8.37. The molecule has 3 N–H and O–H groups in total. The van der Waals surface area contributed by atoms with Crippen LogP contribution in [0.4, 0.5) is 5.82 Å². The minimum absolute atomic E-state index is 0.347. The Balaban J connectivity index is 2.58. The lowest BCUT2D eigenvalue weighted by Crippen LogP contribution is -2.19. The van der Waals surface area contributed by atoms with Crippen molar-refractivity contribution in [1.29, 1.82) is 0 Å². The number of ether oxygens (including phenoxy) is 1. The number of rotatable bonds is 8. The van der Waals surface area contributed by atoms with Crippen LogP contribution in [0.25, 0.3) is 0 Å². The van der Waals surface area contributed by atoms with Crippen molar-refractivity contribution < 1.29 is 4.74 Å². The molecular weight excluding hydrogens is 260 g/mol. The Morgan fingerprint density at radius 1 is 1.32 bits per heavy atom. The van der Waals surface area contributed by atoms with Crippen LogP contribution in [0, 0.1) is 13.8 Å². The van der Waals surface area contributed by atoms with Crippen molar-refractivity contribution in [3.8, 4) is 0 Å². The Morgan fingerprint density at radius 3 is 2.68 bits per heavy atom. The summed E-state index contributed by atoms with van der Waals surface area (Å²) in [5, 5.41) is 11.4. The van der Waals surface area contributed by atoms with Gasteiger partial charge in [-0.3, -0.25) is 0 Å². The topological polar surface area (TPSA) is 73.1 Å². The fourth-order valence-electron chi connectivity index (χ4n) is 1.66. The number of nitrogens with two attached hydrogens (primary N) is 1. The van der Waals surface area contributed by atoms with Crippen LogP contribution in [-0.4, -0.2) is 34.9 Å². The van der Waals surface area contributed by atoms with Crippen LogP contribution >= 0.6 is 12.2 Å². The second-order valence-electron chi connectivity index (χ2n) is 4.39. The van der Waals surface area contributed by atoms with Crippen LogP contribution in [-0.2, 0) is 4.74 Å². The highest BCUT2D eigenvalue weighted by Gasteiger charge is 2.12. The van der Waals surface area contributed by atoms with Crippen molar-refractivity contribution in [2.24, 2.45) is 5.73 Å². The van der Waals surface area contributed by atoms with Gasteiger partial charge in [-0.25, -0.2) is 0 Å². The molecule has 0 atom stereocenters. The van der Waals surface area contributed by atoms with Gasteiger partial charge in [0.2, 0.25) is 0 Å². The second kappa shape index (κ2) is 8.01. The van der Waals surface area contributed by atoms with Crippen LogP contribution < -0.4 is 11.1 Å². The number of nitrogens with one attached hydrogen (secondary N) is 1. The second-order valence-corrected chi connectivity index (χ2v) is 4.83. The number of aryl methyl sites for hydroxylation is 1. The quantitative estimate of drug-likeness (QED) is 0.561. The molecule has 0 aliphatic heterocycles. The maximum Gasteiger partial charge on any atom is 0.159 e. The maximum absolute atomic E-state index is 5.75. The molecule has 0 spiro atoms. The Kier molecular flexibility index (Phi) is 6.66. The van der Waals surface area contributed by atoms with E-state index in [0.717, 1.165) is 49.4 Å². The van der Waals surface area contributed by atoms with E-state index in [2.05, 4.69) is 22.4 Å². The summed E-state index contributed by atoms with van der Waals surface area (Å²) >= 11 is 5.08. The Morgan fingerprint density at radius 2 is 2.05 bits per heavy atom. The van der Waals surface area contributed by atoms with Crippen LogP contribution in [0.5, 0.6) is 0 Å². The molecule has 0 saturated heterocycles. The van der Waals surface area contributed by atoms with Gasteiger partial charge in [0.15, 0.2) is 5.82 Å². The van der Waals surface area contributed by atoms with E-state index in [0.29, 0.717) is 10.8 Å². The van der Waals surface area contributed by atoms with Gasteiger partial charge in [-0.05, 0) is 32.3 Å². The van der Waals surface area contributed by atoms with Crippen molar-refractivity contribution in [1.82, 2.24) is 10.2 Å². The molecule has 1 heterocycles. The smallest absolute Gasteiger partial charge is 0.159 e. The summed E-state index contributed by atoms with van der Waals surface area (Å²) in [7, 11) is 0. The molecule has 1 rings (SSSR count). The van der Waals surface area contributed by atoms with Crippen molar-refractivity contribution in [3.05, 3.63) is 16.8 Å². The van der Waals surface area contributed by atoms with E-state index in [9.17, 15) is 0 Å². The van der Waals surface area contributed by atoms with Crippen LogP contribution in [0.1, 0.15) is 36.6 Å². The first-order chi connectivity index (χ1) is 9.07. The molecule has 0 aliphatic rings. The molecule has 106 valence electrons. The van der Waals surface area contributed by atoms with Gasteiger partial charge in [0, 0.05) is 19.8 Å². The molecule has 0 aromatic carbocycles. The van der Waals surface area contributed by atoms with Gasteiger partial charge in [-0.15, -0.1) is 5.10 Å². The fraction of sp³-hybridized carbons (Fsp3) is 0.615. The van der Waals surface area contributed by atoms with E-state index in [-0.39, 0.29) is 0 Å². The van der Waals surface area contributed by atoms with E-state index < -0.39 is 0 Å². The highest BCUT2D eigenvalue weighted by molar-refractivity contribution is 7.80. The number of hydrogen-bond acceptors (Lipinski definition) is 5. The van der Waals surface area contributed by atoms with Crippen molar-refractivity contribution in [2.75, 3.05) is 25.1 Å². The average Bonchev–Trinajstić information content (AvgIpc) is 2.37. The predicted octanol–water partition coefficient (Wildman–Crippen LogP) is 1.96. The summed E-state index contributed by atoms with van der Waals surface area (Å²) in [4.78, 5) is 0.347. The SMILES string of the molecule is CCCOCCCNc1nnc(C)c(C)c1C(N)=S. The zero-order valence-corrected chi connectivity index (χ0v) is 12.6. The molecular formula is C13H22N4OS. The molecule has 19 heavy (non-hydrogen) atoms. The monoisotopic (exact) mass is 282 g/mol. The Bertz CT molecular complexity index is 437. The van der Waals surface area contributed by atoms with Gasteiger partial charge in [-0.2, -0.15) is 5.10 Å². The molecule has 0 amide bonds. The summed E-state index contributed by atoms with van der Waals surface area (Å²) in [6.07, 6.45) is 1.95.